The van der Waals surface area contributed by atoms with E-state index in [9.17, 15) is 9.59 Å². The molecule has 0 bridgehead atoms. The van der Waals surface area contributed by atoms with Gasteiger partial charge in [-0.15, -0.1) is 11.3 Å². The molecule has 2 amide bonds. The van der Waals surface area contributed by atoms with Gasteiger partial charge in [0.2, 0.25) is 0 Å². The van der Waals surface area contributed by atoms with E-state index in [2.05, 4.69) is 35.0 Å². The number of hydrogen-bond donors (Lipinski definition) is 1. The molecule has 0 saturated heterocycles. The highest BCUT2D eigenvalue weighted by molar-refractivity contribution is 7.09. The van der Waals surface area contributed by atoms with Crippen LogP contribution in [0.25, 0.3) is 0 Å². The van der Waals surface area contributed by atoms with E-state index in [4.69, 9.17) is 5.26 Å². The van der Waals surface area contributed by atoms with Crippen molar-refractivity contribution in [3.63, 3.8) is 0 Å². The van der Waals surface area contributed by atoms with Gasteiger partial charge < -0.3 is 15.0 Å². The van der Waals surface area contributed by atoms with Gasteiger partial charge in [0, 0.05) is 17.6 Å². The maximum absolute atomic E-state index is 12.7. The van der Waals surface area contributed by atoms with Crippen molar-refractivity contribution >= 4 is 29.0 Å². The van der Waals surface area contributed by atoms with E-state index in [1.807, 2.05) is 0 Å². The third kappa shape index (κ3) is 6.08. The van der Waals surface area contributed by atoms with Crippen molar-refractivity contribution in [3.8, 4) is 6.07 Å². The Morgan fingerprint density at radius 1 is 1.41 bits per heavy atom. The van der Waals surface area contributed by atoms with Gasteiger partial charge in [0.25, 0.3) is 0 Å². The van der Waals surface area contributed by atoms with Gasteiger partial charge in [-0.2, -0.15) is 5.26 Å². The van der Waals surface area contributed by atoms with Crippen LogP contribution in [0.4, 0.5) is 10.5 Å². The van der Waals surface area contributed by atoms with Crippen LogP contribution in [0.1, 0.15) is 41.3 Å². The average molecular weight is 386 g/mol. The van der Waals surface area contributed by atoms with Crippen molar-refractivity contribution < 1.29 is 14.3 Å². The summed E-state index contributed by atoms with van der Waals surface area (Å²) in [5, 5.41) is 14.1. The zero-order chi connectivity index (χ0) is 19.8. The SMILES string of the molecule is COC(=O)c1csc(CN(CCC(C)C)C(=O)Nc2cccc(C#N)c2)n1. The van der Waals surface area contributed by atoms with E-state index >= 15 is 0 Å². The number of rotatable bonds is 7. The molecule has 0 unspecified atom stereocenters. The fraction of sp³-hybridized carbons (Fsp3) is 0.368. The first kappa shape index (κ1) is 20.4. The molecule has 0 aliphatic carbocycles. The van der Waals surface area contributed by atoms with E-state index in [1.165, 1.54) is 18.4 Å². The number of anilines is 1. The van der Waals surface area contributed by atoms with E-state index in [0.29, 0.717) is 28.7 Å². The van der Waals surface area contributed by atoms with E-state index in [1.54, 1.807) is 34.5 Å². The van der Waals surface area contributed by atoms with Crippen LogP contribution in [0.15, 0.2) is 29.6 Å². The Bertz CT molecular complexity index is 841. The van der Waals surface area contributed by atoms with Gasteiger partial charge in [0.05, 0.1) is 25.3 Å². The number of urea groups is 1. The monoisotopic (exact) mass is 386 g/mol. The Morgan fingerprint density at radius 3 is 2.85 bits per heavy atom. The van der Waals surface area contributed by atoms with Gasteiger partial charge in [-0.25, -0.2) is 14.6 Å². The predicted molar refractivity (Wildman–Crippen MR) is 103 cm³/mol. The summed E-state index contributed by atoms with van der Waals surface area (Å²) in [6, 6.07) is 8.53. The molecule has 27 heavy (non-hydrogen) atoms. The molecule has 0 aliphatic heterocycles. The lowest BCUT2D eigenvalue weighted by Crippen LogP contribution is -2.35. The zero-order valence-corrected chi connectivity index (χ0v) is 16.4. The summed E-state index contributed by atoms with van der Waals surface area (Å²) in [6.07, 6.45) is 0.834. The average Bonchev–Trinajstić information content (AvgIpc) is 3.13. The minimum absolute atomic E-state index is 0.239. The van der Waals surface area contributed by atoms with Crippen LogP contribution < -0.4 is 5.32 Å². The number of nitrogens with zero attached hydrogens (tertiary/aromatic N) is 3. The van der Waals surface area contributed by atoms with Crippen LogP contribution in [-0.4, -0.2) is 35.5 Å². The summed E-state index contributed by atoms with van der Waals surface area (Å²) in [7, 11) is 1.30. The largest absolute Gasteiger partial charge is 0.464 e. The Balaban J connectivity index is 2.12. The van der Waals surface area contributed by atoms with Crippen LogP contribution in [0, 0.1) is 17.2 Å². The number of ether oxygens (including phenoxy) is 1. The second-order valence-electron chi connectivity index (χ2n) is 6.34. The lowest BCUT2D eigenvalue weighted by molar-refractivity contribution is 0.0594. The minimum Gasteiger partial charge on any atom is -0.464 e. The van der Waals surface area contributed by atoms with E-state index < -0.39 is 5.97 Å². The molecule has 0 spiro atoms. The number of aromatic nitrogens is 1. The van der Waals surface area contributed by atoms with Crippen LogP contribution in [0.3, 0.4) is 0 Å². The third-order valence-electron chi connectivity index (χ3n) is 3.78. The molecule has 7 nitrogen and oxygen atoms in total. The van der Waals surface area contributed by atoms with Crippen molar-refractivity contribution in [1.82, 2.24) is 9.88 Å². The topological polar surface area (TPSA) is 95.3 Å². The second kappa shape index (κ2) is 9.69. The number of benzene rings is 1. The normalized spacial score (nSPS) is 10.3. The summed E-state index contributed by atoms with van der Waals surface area (Å²) in [4.78, 5) is 30.2. The molecule has 0 saturated carbocycles. The molecule has 0 fully saturated rings. The quantitative estimate of drug-likeness (QED) is 0.729. The van der Waals surface area contributed by atoms with Gasteiger partial charge >= 0.3 is 12.0 Å². The maximum Gasteiger partial charge on any atom is 0.357 e. The molecule has 1 aromatic heterocycles. The molecule has 0 atom stereocenters. The number of hydrogen-bond acceptors (Lipinski definition) is 6. The summed E-state index contributed by atoms with van der Waals surface area (Å²) in [5.41, 5.74) is 1.27. The van der Waals surface area contributed by atoms with Crippen molar-refractivity contribution in [3.05, 3.63) is 45.9 Å². The Hall–Kier alpha value is -2.92. The first-order chi connectivity index (χ1) is 12.9. The van der Waals surface area contributed by atoms with Gasteiger partial charge in [-0.05, 0) is 30.5 Å². The molecule has 142 valence electrons. The first-order valence-electron chi connectivity index (χ1n) is 8.51. The standard InChI is InChI=1S/C19H22N4O3S/c1-13(2)7-8-23(11-17-22-16(12-27-17)18(24)26-3)19(25)21-15-6-4-5-14(9-15)10-20/h4-6,9,12-13H,7-8,11H2,1-3H3,(H,21,25). The highest BCUT2D eigenvalue weighted by atomic mass is 32.1. The number of nitrogens with one attached hydrogen (secondary N) is 1. The van der Waals surface area contributed by atoms with Crippen molar-refractivity contribution in [2.45, 2.75) is 26.8 Å². The Morgan fingerprint density at radius 2 is 2.19 bits per heavy atom. The molecule has 0 radical (unpaired) electrons. The number of thiazole rings is 1. The Labute approximate surface area is 162 Å². The predicted octanol–water partition coefficient (Wildman–Crippen LogP) is 3.88. The molecule has 8 heteroatoms. The van der Waals surface area contributed by atoms with Crippen molar-refractivity contribution in [2.75, 3.05) is 19.0 Å². The van der Waals surface area contributed by atoms with Gasteiger partial charge in [-0.1, -0.05) is 19.9 Å². The highest BCUT2D eigenvalue weighted by Crippen LogP contribution is 2.17. The van der Waals surface area contributed by atoms with E-state index in [-0.39, 0.29) is 18.3 Å². The molecule has 1 aromatic carbocycles. The lowest BCUT2D eigenvalue weighted by atomic mass is 10.1. The van der Waals surface area contributed by atoms with E-state index in [0.717, 1.165) is 6.42 Å². The van der Waals surface area contributed by atoms with Crippen LogP contribution in [-0.2, 0) is 11.3 Å². The van der Waals surface area contributed by atoms with Crippen molar-refractivity contribution in [2.24, 2.45) is 5.92 Å². The van der Waals surface area contributed by atoms with Crippen LogP contribution in [0.2, 0.25) is 0 Å². The van der Waals surface area contributed by atoms with Crippen LogP contribution >= 0.6 is 11.3 Å². The molecule has 1 heterocycles. The molecule has 0 aliphatic rings. The molecule has 1 N–H and O–H groups in total. The van der Waals surface area contributed by atoms with Crippen molar-refractivity contribution in [1.29, 1.82) is 5.26 Å². The number of methoxy groups -OCH3 is 1. The third-order valence-corrected chi connectivity index (χ3v) is 4.61. The highest BCUT2D eigenvalue weighted by Gasteiger charge is 2.18. The molecular formula is C19H22N4O3S. The van der Waals surface area contributed by atoms with Gasteiger partial charge in [-0.3, -0.25) is 0 Å². The smallest absolute Gasteiger partial charge is 0.357 e. The lowest BCUT2D eigenvalue weighted by Gasteiger charge is -2.23. The maximum atomic E-state index is 12.7. The fourth-order valence-electron chi connectivity index (χ4n) is 2.28. The number of esters is 1. The van der Waals surface area contributed by atoms with Gasteiger partial charge in [0.1, 0.15) is 5.01 Å². The zero-order valence-electron chi connectivity index (χ0n) is 15.6. The fourth-order valence-corrected chi connectivity index (χ4v) is 3.06. The van der Waals surface area contributed by atoms with Gasteiger partial charge in [0.15, 0.2) is 5.69 Å². The summed E-state index contributed by atoms with van der Waals surface area (Å²) in [6.45, 7) is 5.02. The minimum atomic E-state index is -0.496. The van der Waals surface area contributed by atoms with Crippen LogP contribution in [0.5, 0.6) is 0 Å². The summed E-state index contributed by atoms with van der Waals surface area (Å²) < 4.78 is 4.67. The summed E-state index contributed by atoms with van der Waals surface area (Å²) in [5.74, 6) is -0.0619. The number of nitriles is 1. The number of amides is 2. The Kier molecular flexibility index (Phi) is 7.32. The number of carbonyl (C=O) groups excluding carboxylic acids is 2. The molecule has 2 aromatic rings. The molecular weight excluding hydrogens is 364 g/mol. The molecule has 2 rings (SSSR count). The number of carbonyl (C=O) groups is 2. The second-order valence-corrected chi connectivity index (χ2v) is 7.29. The summed E-state index contributed by atoms with van der Waals surface area (Å²) >= 11 is 1.31. The first-order valence-corrected chi connectivity index (χ1v) is 9.39.